The molecule has 0 aromatic heterocycles. The lowest BCUT2D eigenvalue weighted by atomic mass is 9.92. The van der Waals surface area contributed by atoms with Crippen LogP contribution in [0.1, 0.15) is 33.1 Å². The van der Waals surface area contributed by atoms with Crippen LogP contribution in [-0.4, -0.2) is 42.3 Å². The van der Waals surface area contributed by atoms with Gasteiger partial charge < -0.3 is 5.32 Å². The summed E-state index contributed by atoms with van der Waals surface area (Å²) in [5, 5.41) is 3.48. The van der Waals surface area contributed by atoms with Gasteiger partial charge in [0.1, 0.15) is 0 Å². The van der Waals surface area contributed by atoms with Crippen LogP contribution in [0.15, 0.2) is 0 Å². The number of nitrogens with zero attached hydrogens (tertiary/aromatic N) is 1. The molecule has 0 bridgehead atoms. The molecule has 0 spiro atoms. The molecule has 1 saturated heterocycles. The fraction of sp³-hybridized carbons (Fsp3) is 1.00. The van der Waals surface area contributed by atoms with Gasteiger partial charge in [-0.3, -0.25) is 4.90 Å². The molecule has 2 aliphatic rings. The van der Waals surface area contributed by atoms with Crippen LogP contribution < -0.4 is 5.32 Å². The minimum absolute atomic E-state index is 0.0259. The molecule has 17 heavy (non-hydrogen) atoms. The number of nitrogens with one attached hydrogen (secondary N) is 1. The predicted octanol–water partition coefficient (Wildman–Crippen LogP) is 2.40. The first-order valence-corrected chi connectivity index (χ1v) is 6.36. The lowest BCUT2D eigenvalue weighted by molar-refractivity contribution is -0.147. The highest BCUT2D eigenvalue weighted by Crippen LogP contribution is 2.41. The summed E-state index contributed by atoms with van der Waals surface area (Å²) < 4.78 is 37.1. The van der Waals surface area contributed by atoms with Crippen molar-refractivity contribution in [1.29, 1.82) is 0 Å². The van der Waals surface area contributed by atoms with Gasteiger partial charge in [-0.05, 0) is 32.6 Å². The van der Waals surface area contributed by atoms with Crippen molar-refractivity contribution in [2.45, 2.75) is 50.9 Å². The van der Waals surface area contributed by atoms with E-state index < -0.39 is 18.6 Å². The summed E-state index contributed by atoms with van der Waals surface area (Å²) in [7, 11) is 0. The van der Waals surface area contributed by atoms with Gasteiger partial charge in [0.15, 0.2) is 0 Å². The van der Waals surface area contributed by atoms with Gasteiger partial charge in [0.05, 0.1) is 6.42 Å². The summed E-state index contributed by atoms with van der Waals surface area (Å²) in [6.45, 7) is 6.10. The van der Waals surface area contributed by atoms with E-state index in [2.05, 4.69) is 12.2 Å². The Morgan fingerprint density at radius 2 is 2.06 bits per heavy atom. The van der Waals surface area contributed by atoms with Crippen LogP contribution in [0.5, 0.6) is 0 Å². The molecule has 2 unspecified atom stereocenters. The number of hydrogen-bond donors (Lipinski definition) is 1. The Kier molecular flexibility index (Phi) is 3.42. The van der Waals surface area contributed by atoms with Crippen LogP contribution in [0, 0.1) is 5.92 Å². The van der Waals surface area contributed by atoms with Gasteiger partial charge in [0.2, 0.25) is 0 Å². The molecule has 0 amide bonds. The van der Waals surface area contributed by atoms with Crippen LogP contribution >= 0.6 is 0 Å². The number of rotatable bonds is 3. The SMILES string of the molecule is CC(CC(F)(F)F)N1CCNC(C)(C2CC2)C1. The Hall–Kier alpha value is -0.290. The quantitative estimate of drug-likeness (QED) is 0.827. The number of halogens is 3. The third kappa shape index (κ3) is 3.35. The average molecular weight is 250 g/mol. The largest absolute Gasteiger partial charge is 0.390 e. The summed E-state index contributed by atoms with van der Waals surface area (Å²) in [5.74, 6) is 0.656. The van der Waals surface area contributed by atoms with E-state index >= 15 is 0 Å². The van der Waals surface area contributed by atoms with Crippen molar-refractivity contribution in [3.8, 4) is 0 Å². The van der Waals surface area contributed by atoms with Gasteiger partial charge >= 0.3 is 6.18 Å². The summed E-state index contributed by atoms with van der Waals surface area (Å²) in [6.07, 6.45) is -2.33. The van der Waals surface area contributed by atoms with Crippen LogP contribution in [0.2, 0.25) is 0 Å². The summed E-state index contributed by atoms with van der Waals surface area (Å²) in [6, 6.07) is -0.407. The Labute approximate surface area is 101 Å². The minimum Gasteiger partial charge on any atom is -0.309 e. The standard InChI is InChI=1S/C12H21F3N2/c1-9(7-12(13,14)15)17-6-5-16-11(2,8-17)10-3-4-10/h9-10,16H,3-8H2,1-2H3. The van der Waals surface area contributed by atoms with Gasteiger partial charge in [0.25, 0.3) is 0 Å². The topological polar surface area (TPSA) is 15.3 Å². The molecular weight excluding hydrogens is 229 g/mol. The van der Waals surface area contributed by atoms with Gasteiger partial charge in [-0.2, -0.15) is 13.2 Å². The maximum atomic E-state index is 12.4. The maximum Gasteiger partial charge on any atom is 0.390 e. The second-order valence-electron chi connectivity index (χ2n) is 5.76. The molecule has 0 aromatic carbocycles. The Morgan fingerprint density at radius 3 is 2.59 bits per heavy atom. The average Bonchev–Trinajstić information content (AvgIpc) is 2.98. The van der Waals surface area contributed by atoms with Crippen molar-refractivity contribution in [2.75, 3.05) is 19.6 Å². The van der Waals surface area contributed by atoms with E-state index in [4.69, 9.17) is 0 Å². The molecular formula is C12H21F3N2. The van der Waals surface area contributed by atoms with Crippen LogP contribution in [0.3, 0.4) is 0 Å². The van der Waals surface area contributed by atoms with Crippen LogP contribution in [-0.2, 0) is 0 Å². The molecule has 2 fully saturated rings. The highest BCUT2D eigenvalue weighted by atomic mass is 19.4. The van der Waals surface area contributed by atoms with Crippen molar-refractivity contribution in [2.24, 2.45) is 5.92 Å². The smallest absolute Gasteiger partial charge is 0.309 e. The van der Waals surface area contributed by atoms with Crippen molar-refractivity contribution in [3.05, 3.63) is 0 Å². The second-order valence-corrected chi connectivity index (χ2v) is 5.76. The Bertz CT molecular complexity index is 275. The maximum absolute atomic E-state index is 12.4. The van der Waals surface area contributed by atoms with E-state index in [1.165, 1.54) is 12.8 Å². The highest BCUT2D eigenvalue weighted by Gasteiger charge is 2.45. The van der Waals surface area contributed by atoms with Crippen molar-refractivity contribution >= 4 is 0 Å². The van der Waals surface area contributed by atoms with E-state index in [9.17, 15) is 13.2 Å². The van der Waals surface area contributed by atoms with Gasteiger partial charge in [-0.1, -0.05) is 0 Å². The minimum atomic E-state index is -4.06. The van der Waals surface area contributed by atoms with E-state index in [-0.39, 0.29) is 5.54 Å². The molecule has 1 aliphatic carbocycles. The molecule has 100 valence electrons. The number of hydrogen-bond acceptors (Lipinski definition) is 2. The molecule has 1 saturated carbocycles. The zero-order chi connectivity index (χ0) is 12.7. The summed E-state index contributed by atoms with van der Waals surface area (Å²) in [5.41, 5.74) is 0.0259. The zero-order valence-corrected chi connectivity index (χ0v) is 10.5. The van der Waals surface area contributed by atoms with Crippen LogP contribution in [0.4, 0.5) is 13.2 Å². The van der Waals surface area contributed by atoms with E-state index in [0.29, 0.717) is 5.92 Å². The van der Waals surface area contributed by atoms with Gasteiger partial charge in [-0.25, -0.2) is 0 Å². The number of piperazine rings is 1. The van der Waals surface area contributed by atoms with Crippen LogP contribution in [0.25, 0.3) is 0 Å². The lowest BCUT2D eigenvalue weighted by Gasteiger charge is -2.44. The normalized spacial score (nSPS) is 33.7. The fourth-order valence-corrected chi connectivity index (χ4v) is 2.88. The van der Waals surface area contributed by atoms with Crippen molar-refractivity contribution < 1.29 is 13.2 Å². The monoisotopic (exact) mass is 250 g/mol. The summed E-state index contributed by atoms with van der Waals surface area (Å²) >= 11 is 0. The molecule has 1 heterocycles. The van der Waals surface area contributed by atoms with Gasteiger partial charge in [-0.15, -0.1) is 0 Å². The van der Waals surface area contributed by atoms with Crippen molar-refractivity contribution in [3.63, 3.8) is 0 Å². The Balaban J connectivity index is 1.92. The first kappa shape index (κ1) is 13.1. The molecule has 2 rings (SSSR count). The third-order valence-corrected chi connectivity index (χ3v) is 4.09. The predicted molar refractivity (Wildman–Crippen MR) is 60.8 cm³/mol. The first-order valence-electron chi connectivity index (χ1n) is 6.36. The van der Waals surface area contributed by atoms with Crippen molar-refractivity contribution in [1.82, 2.24) is 10.2 Å². The molecule has 1 N–H and O–H groups in total. The first-order chi connectivity index (χ1) is 7.80. The molecule has 2 atom stereocenters. The zero-order valence-electron chi connectivity index (χ0n) is 10.5. The molecule has 0 radical (unpaired) electrons. The number of alkyl halides is 3. The molecule has 0 aromatic rings. The fourth-order valence-electron chi connectivity index (χ4n) is 2.88. The highest BCUT2D eigenvalue weighted by molar-refractivity contribution is 5.02. The molecule has 2 nitrogen and oxygen atoms in total. The van der Waals surface area contributed by atoms with E-state index in [0.717, 1.165) is 19.6 Å². The second kappa shape index (κ2) is 4.43. The molecule has 5 heteroatoms. The lowest BCUT2D eigenvalue weighted by Crippen LogP contribution is -2.61. The van der Waals surface area contributed by atoms with E-state index in [1.807, 2.05) is 4.90 Å². The van der Waals surface area contributed by atoms with E-state index in [1.54, 1.807) is 6.92 Å². The molecule has 1 aliphatic heterocycles. The third-order valence-electron chi connectivity index (χ3n) is 4.09. The summed E-state index contributed by atoms with van der Waals surface area (Å²) in [4.78, 5) is 1.99. The van der Waals surface area contributed by atoms with Gasteiger partial charge in [0, 0.05) is 31.2 Å². The Morgan fingerprint density at radius 1 is 1.41 bits per heavy atom.